The van der Waals surface area contributed by atoms with E-state index in [2.05, 4.69) is 0 Å². The number of hydrogen-bond acceptors (Lipinski definition) is 2. The number of nitrogens with zero attached hydrogens (tertiary/aromatic N) is 1. The van der Waals surface area contributed by atoms with Crippen molar-refractivity contribution in [2.24, 2.45) is 0 Å². The number of hydrogen-bond donors (Lipinski definition) is 1. The van der Waals surface area contributed by atoms with Crippen molar-refractivity contribution in [3.63, 3.8) is 0 Å². The van der Waals surface area contributed by atoms with E-state index in [1.807, 2.05) is 17.9 Å². The minimum absolute atomic E-state index is 0.248. The Morgan fingerprint density at radius 1 is 1.15 bits per heavy atom. The summed E-state index contributed by atoms with van der Waals surface area (Å²) in [5.41, 5.74) is 7.52. The van der Waals surface area contributed by atoms with Crippen molar-refractivity contribution < 1.29 is 4.39 Å². The van der Waals surface area contributed by atoms with E-state index in [4.69, 9.17) is 28.9 Å². The molecule has 0 aliphatic rings. The lowest BCUT2D eigenvalue weighted by Crippen LogP contribution is -2.23. The van der Waals surface area contributed by atoms with E-state index in [9.17, 15) is 4.39 Å². The summed E-state index contributed by atoms with van der Waals surface area (Å²) in [4.78, 5) is 1.91. The van der Waals surface area contributed by atoms with Gasteiger partial charge in [-0.2, -0.15) is 0 Å². The lowest BCUT2D eigenvalue weighted by atomic mass is 10.1. The molecule has 20 heavy (non-hydrogen) atoms. The third kappa shape index (κ3) is 3.17. The van der Waals surface area contributed by atoms with E-state index in [1.54, 1.807) is 24.3 Å². The largest absolute Gasteiger partial charge is 0.396 e. The van der Waals surface area contributed by atoms with Gasteiger partial charge in [-0.05, 0) is 36.8 Å². The predicted molar refractivity (Wildman–Crippen MR) is 84.0 cm³/mol. The zero-order chi connectivity index (χ0) is 14.7. The summed E-state index contributed by atoms with van der Waals surface area (Å²) in [6.07, 6.45) is 0. The summed E-state index contributed by atoms with van der Waals surface area (Å²) in [5.74, 6) is -0.248. The van der Waals surface area contributed by atoms with Gasteiger partial charge in [0.2, 0.25) is 0 Å². The fraction of sp³-hybridized carbons (Fsp3) is 0.200. The highest BCUT2D eigenvalue weighted by molar-refractivity contribution is 6.38. The van der Waals surface area contributed by atoms with Crippen LogP contribution in [0.3, 0.4) is 0 Å². The molecule has 0 unspecified atom stereocenters. The van der Waals surface area contributed by atoms with E-state index in [0.717, 1.165) is 5.56 Å². The van der Waals surface area contributed by atoms with Crippen molar-refractivity contribution in [3.8, 4) is 0 Å². The lowest BCUT2D eigenvalue weighted by molar-refractivity contribution is 0.618. The van der Waals surface area contributed by atoms with Crippen LogP contribution in [0, 0.1) is 5.82 Å². The second-order valence-electron chi connectivity index (χ2n) is 4.44. The van der Waals surface area contributed by atoms with Gasteiger partial charge in [-0.15, -0.1) is 0 Å². The van der Waals surface area contributed by atoms with Gasteiger partial charge in [0, 0.05) is 13.1 Å². The molecule has 0 saturated heterocycles. The molecule has 2 aromatic rings. The minimum Gasteiger partial charge on any atom is -0.396 e. The van der Waals surface area contributed by atoms with Gasteiger partial charge < -0.3 is 10.6 Å². The highest BCUT2D eigenvalue weighted by atomic mass is 35.5. The molecule has 0 radical (unpaired) electrons. The van der Waals surface area contributed by atoms with Gasteiger partial charge in [-0.3, -0.25) is 0 Å². The van der Waals surface area contributed by atoms with Crippen LogP contribution in [0.2, 0.25) is 10.0 Å². The maximum absolute atomic E-state index is 13.8. The second kappa shape index (κ2) is 6.33. The van der Waals surface area contributed by atoms with Crippen molar-refractivity contribution in [2.75, 3.05) is 17.2 Å². The zero-order valence-electron chi connectivity index (χ0n) is 11.0. The highest BCUT2D eigenvalue weighted by Gasteiger charge is 2.12. The van der Waals surface area contributed by atoms with E-state index in [1.165, 1.54) is 6.07 Å². The number of benzene rings is 2. The Morgan fingerprint density at radius 3 is 2.30 bits per heavy atom. The molecule has 0 aliphatic carbocycles. The first-order valence-electron chi connectivity index (χ1n) is 6.25. The molecule has 106 valence electrons. The van der Waals surface area contributed by atoms with Crippen molar-refractivity contribution in [2.45, 2.75) is 13.5 Å². The smallest absolute Gasteiger partial charge is 0.146 e. The molecule has 0 aliphatic heterocycles. The van der Waals surface area contributed by atoms with E-state index < -0.39 is 0 Å². The van der Waals surface area contributed by atoms with Crippen molar-refractivity contribution in [1.29, 1.82) is 0 Å². The average molecular weight is 313 g/mol. The Balaban J connectivity index is 2.30. The molecule has 0 fully saturated rings. The number of nitrogens with two attached hydrogens (primary N) is 1. The van der Waals surface area contributed by atoms with Gasteiger partial charge in [0.1, 0.15) is 5.82 Å². The molecular formula is C15H15Cl2FN2. The Bertz CT molecular complexity index is 594. The molecule has 0 spiro atoms. The molecule has 0 aromatic heterocycles. The molecule has 0 saturated carbocycles. The zero-order valence-corrected chi connectivity index (χ0v) is 12.5. The standard InChI is InChI=1S/C15H15Cl2FN2/c1-2-20(14-6-4-3-5-13(14)18)9-10-7-11(16)15(19)12(17)8-10/h3-8H,2,9,19H2,1H3. The first kappa shape index (κ1) is 14.9. The third-order valence-electron chi connectivity index (χ3n) is 3.09. The molecule has 5 heteroatoms. The first-order valence-corrected chi connectivity index (χ1v) is 7.01. The summed E-state index contributed by atoms with van der Waals surface area (Å²) >= 11 is 12.0. The van der Waals surface area contributed by atoms with Gasteiger partial charge in [0.25, 0.3) is 0 Å². The monoisotopic (exact) mass is 312 g/mol. The molecule has 0 amide bonds. The van der Waals surface area contributed by atoms with Gasteiger partial charge in [0.05, 0.1) is 21.4 Å². The normalized spacial score (nSPS) is 10.6. The van der Waals surface area contributed by atoms with Crippen LogP contribution >= 0.6 is 23.2 Å². The van der Waals surface area contributed by atoms with Crippen molar-refractivity contribution in [3.05, 3.63) is 57.8 Å². The van der Waals surface area contributed by atoms with Gasteiger partial charge in [0.15, 0.2) is 0 Å². The number of halogens is 3. The minimum atomic E-state index is -0.248. The summed E-state index contributed by atoms with van der Waals surface area (Å²) in [6, 6.07) is 10.2. The molecule has 2 nitrogen and oxygen atoms in total. The molecule has 0 atom stereocenters. The van der Waals surface area contributed by atoms with Crippen molar-refractivity contribution >= 4 is 34.6 Å². The van der Waals surface area contributed by atoms with Crippen LogP contribution in [-0.4, -0.2) is 6.54 Å². The Labute approximate surface area is 127 Å². The van der Waals surface area contributed by atoms with Crippen molar-refractivity contribution in [1.82, 2.24) is 0 Å². The number of para-hydroxylation sites is 1. The maximum Gasteiger partial charge on any atom is 0.146 e. The van der Waals surface area contributed by atoms with Crippen LogP contribution in [0.1, 0.15) is 12.5 Å². The van der Waals surface area contributed by atoms with Crippen LogP contribution in [0.15, 0.2) is 36.4 Å². The van der Waals surface area contributed by atoms with Gasteiger partial charge >= 0.3 is 0 Å². The van der Waals surface area contributed by atoms with Gasteiger partial charge in [-0.1, -0.05) is 35.3 Å². The maximum atomic E-state index is 13.8. The Hall–Kier alpha value is -1.45. The van der Waals surface area contributed by atoms with Crippen LogP contribution in [0.4, 0.5) is 15.8 Å². The highest BCUT2D eigenvalue weighted by Crippen LogP contribution is 2.30. The third-order valence-corrected chi connectivity index (χ3v) is 3.71. The van der Waals surface area contributed by atoms with Crippen LogP contribution in [0.5, 0.6) is 0 Å². The summed E-state index contributed by atoms with van der Waals surface area (Å²) in [6.45, 7) is 3.14. The van der Waals surface area contributed by atoms with Gasteiger partial charge in [-0.25, -0.2) is 4.39 Å². The topological polar surface area (TPSA) is 29.3 Å². The fourth-order valence-electron chi connectivity index (χ4n) is 2.02. The Morgan fingerprint density at radius 2 is 1.75 bits per heavy atom. The molecule has 2 rings (SSSR count). The first-order chi connectivity index (χ1) is 9.52. The molecular weight excluding hydrogens is 298 g/mol. The van der Waals surface area contributed by atoms with Crippen LogP contribution < -0.4 is 10.6 Å². The van der Waals surface area contributed by atoms with E-state index in [-0.39, 0.29) is 5.82 Å². The van der Waals surface area contributed by atoms with Crippen LogP contribution in [-0.2, 0) is 6.54 Å². The molecule has 2 N–H and O–H groups in total. The van der Waals surface area contributed by atoms with E-state index in [0.29, 0.717) is 34.5 Å². The molecule has 2 aromatic carbocycles. The summed E-state index contributed by atoms with van der Waals surface area (Å²) in [7, 11) is 0. The number of anilines is 2. The SMILES string of the molecule is CCN(Cc1cc(Cl)c(N)c(Cl)c1)c1ccccc1F. The predicted octanol–water partition coefficient (Wildman–Crippen LogP) is 4.74. The molecule has 0 heterocycles. The number of nitrogen functional groups attached to an aromatic ring is 1. The van der Waals surface area contributed by atoms with E-state index >= 15 is 0 Å². The second-order valence-corrected chi connectivity index (χ2v) is 5.25. The molecule has 0 bridgehead atoms. The lowest BCUT2D eigenvalue weighted by Gasteiger charge is -2.24. The summed E-state index contributed by atoms with van der Waals surface area (Å²) < 4.78 is 13.8. The number of rotatable bonds is 4. The quantitative estimate of drug-likeness (QED) is 0.826. The fourth-order valence-corrected chi connectivity index (χ4v) is 2.56. The van der Waals surface area contributed by atoms with Crippen LogP contribution in [0.25, 0.3) is 0 Å². The average Bonchev–Trinajstić information content (AvgIpc) is 2.43. The summed E-state index contributed by atoms with van der Waals surface area (Å²) in [5, 5.41) is 0.828. The Kier molecular flexibility index (Phi) is 4.73.